The van der Waals surface area contributed by atoms with Crippen molar-refractivity contribution in [2.45, 2.75) is 0 Å². The molecule has 0 unspecified atom stereocenters. The molecule has 1 aliphatic heterocycles. The van der Waals surface area contributed by atoms with Gasteiger partial charge in [-0.3, -0.25) is 5.43 Å². The predicted octanol–water partition coefficient (Wildman–Crippen LogP) is -0.445. The lowest BCUT2D eigenvalue weighted by molar-refractivity contribution is -0.132. The highest BCUT2D eigenvalue weighted by Crippen LogP contribution is 2.03. The highest BCUT2D eigenvalue weighted by atomic mass is 16.4. The van der Waals surface area contributed by atoms with E-state index in [1.807, 2.05) is 0 Å². The molecule has 1 aliphatic rings. The maximum Gasteiger partial charge on any atom is 0.337 e. The zero-order valence-electron chi connectivity index (χ0n) is 6.39. The third-order valence-electron chi connectivity index (χ3n) is 1.30. The Balaban J connectivity index is 3.03. The van der Waals surface area contributed by atoms with Crippen molar-refractivity contribution in [1.82, 2.24) is 5.43 Å². The van der Waals surface area contributed by atoms with Gasteiger partial charge in [0.2, 0.25) is 0 Å². The van der Waals surface area contributed by atoms with Gasteiger partial charge in [-0.05, 0) is 6.08 Å². The molecule has 0 aromatic carbocycles. The largest absolute Gasteiger partial charge is 0.478 e. The summed E-state index contributed by atoms with van der Waals surface area (Å²) in [6, 6.07) is 0. The van der Waals surface area contributed by atoms with E-state index in [-0.39, 0.29) is 11.1 Å². The number of carboxylic acids is 2. The molecule has 0 saturated carbocycles. The summed E-state index contributed by atoms with van der Waals surface area (Å²) in [5, 5.41) is 20.6. The molecule has 0 bridgehead atoms. The van der Waals surface area contributed by atoms with Crippen molar-refractivity contribution < 1.29 is 19.8 Å². The van der Waals surface area contributed by atoms with E-state index >= 15 is 0 Å². The third kappa shape index (κ3) is 2.16. The van der Waals surface area contributed by atoms with Crippen LogP contribution in [0.25, 0.3) is 0 Å². The van der Waals surface area contributed by atoms with Crippen molar-refractivity contribution >= 4 is 18.2 Å². The van der Waals surface area contributed by atoms with Crippen molar-refractivity contribution in [3.63, 3.8) is 0 Å². The molecule has 1 rings (SSSR count). The minimum Gasteiger partial charge on any atom is -0.478 e. The predicted molar refractivity (Wildman–Crippen MR) is 43.1 cm³/mol. The molecule has 0 atom stereocenters. The zero-order valence-corrected chi connectivity index (χ0v) is 6.39. The number of hydrogen-bond acceptors (Lipinski definition) is 4. The van der Waals surface area contributed by atoms with Crippen LogP contribution < -0.4 is 5.43 Å². The van der Waals surface area contributed by atoms with Gasteiger partial charge >= 0.3 is 11.9 Å². The molecule has 0 aromatic heterocycles. The monoisotopic (exact) mass is 182 g/mol. The summed E-state index contributed by atoms with van der Waals surface area (Å²) in [5.74, 6) is -2.43. The van der Waals surface area contributed by atoms with E-state index in [1.54, 1.807) is 0 Å². The minimum absolute atomic E-state index is 0.157. The van der Waals surface area contributed by atoms with Gasteiger partial charge in [-0.1, -0.05) is 0 Å². The molecule has 0 aromatic rings. The minimum atomic E-state index is -1.22. The van der Waals surface area contributed by atoms with Gasteiger partial charge in [-0.2, -0.15) is 5.10 Å². The first-order valence-corrected chi connectivity index (χ1v) is 3.28. The molecule has 0 fully saturated rings. The van der Waals surface area contributed by atoms with Crippen LogP contribution in [0.1, 0.15) is 0 Å². The third-order valence-corrected chi connectivity index (χ3v) is 1.30. The van der Waals surface area contributed by atoms with Gasteiger partial charge in [0.25, 0.3) is 0 Å². The summed E-state index contributed by atoms with van der Waals surface area (Å²) < 4.78 is 0. The van der Waals surface area contributed by atoms with Gasteiger partial charge in [0.05, 0.1) is 17.4 Å². The van der Waals surface area contributed by atoms with Crippen LogP contribution in [0.5, 0.6) is 0 Å². The Bertz CT molecular complexity index is 340. The van der Waals surface area contributed by atoms with Crippen LogP contribution in [0.4, 0.5) is 0 Å². The fourth-order valence-electron chi connectivity index (χ4n) is 0.701. The maximum absolute atomic E-state index is 10.5. The zero-order chi connectivity index (χ0) is 9.84. The number of hydrogen-bond donors (Lipinski definition) is 3. The standard InChI is InChI=1S/C7H6N2O4/c10-6(11)4-1-5(7(12)13)3-9-8-2-4/h1-3,8H,(H,10,11)(H,12,13). The molecule has 6 heteroatoms. The van der Waals surface area contributed by atoms with E-state index in [9.17, 15) is 9.59 Å². The first-order valence-electron chi connectivity index (χ1n) is 3.28. The second kappa shape index (κ2) is 3.53. The van der Waals surface area contributed by atoms with Crippen molar-refractivity contribution in [2.24, 2.45) is 5.10 Å². The number of nitrogens with one attached hydrogen (secondary N) is 1. The van der Waals surface area contributed by atoms with Crippen LogP contribution in [0.3, 0.4) is 0 Å². The molecule has 0 aliphatic carbocycles. The summed E-state index contributed by atoms with van der Waals surface area (Å²) in [5.41, 5.74) is 1.94. The normalized spacial score (nSPS) is 15.1. The number of carbonyl (C=O) groups is 2. The molecule has 6 nitrogen and oxygen atoms in total. The van der Waals surface area contributed by atoms with E-state index in [4.69, 9.17) is 10.2 Å². The molecule has 0 spiro atoms. The summed E-state index contributed by atoms with van der Waals surface area (Å²) in [6.07, 6.45) is 3.16. The Morgan fingerprint density at radius 2 is 1.85 bits per heavy atom. The summed E-state index contributed by atoms with van der Waals surface area (Å²) in [6.45, 7) is 0. The van der Waals surface area contributed by atoms with Gasteiger partial charge in [0, 0.05) is 6.20 Å². The Hall–Kier alpha value is -2.11. The smallest absolute Gasteiger partial charge is 0.337 e. The Kier molecular flexibility index (Phi) is 2.44. The second-order valence-corrected chi connectivity index (χ2v) is 2.20. The lowest BCUT2D eigenvalue weighted by atomic mass is 10.2. The lowest BCUT2D eigenvalue weighted by Gasteiger charge is -1.92. The Morgan fingerprint density at radius 1 is 1.23 bits per heavy atom. The van der Waals surface area contributed by atoms with Crippen LogP contribution in [0.2, 0.25) is 0 Å². The number of carboxylic acid groups (broad SMARTS) is 2. The van der Waals surface area contributed by atoms with Gasteiger partial charge in [-0.25, -0.2) is 9.59 Å². The van der Waals surface area contributed by atoms with Crippen LogP contribution in [-0.4, -0.2) is 28.4 Å². The van der Waals surface area contributed by atoms with E-state index < -0.39 is 11.9 Å². The SMILES string of the molecule is O=C(O)C1=CNN=CC(C(=O)O)=C1. The van der Waals surface area contributed by atoms with Gasteiger partial charge < -0.3 is 10.2 Å². The molecular weight excluding hydrogens is 176 g/mol. The summed E-state index contributed by atoms with van der Waals surface area (Å²) >= 11 is 0. The van der Waals surface area contributed by atoms with Crippen molar-refractivity contribution in [1.29, 1.82) is 0 Å². The highest BCUT2D eigenvalue weighted by Gasteiger charge is 2.11. The van der Waals surface area contributed by atoms with Crippen molar-refractivity contribution in [3.8, 4) is 0 Å². The summed E-state index contributed by atoms with van der Waals surface area (Å²) in [7, 11) is 0. The molecule has 13 heavy (non-hydrogen) atoms. The first-order chi connectivity index (χ1) is 6.11. The van der Waals surface area contributed by atoms with Crippen LogP contribution in [0, 0.1) is 0 Å². The molecule has 0 radical (unpaired) electrons. The van der Waals surface area contributed by atoms with Crippen molar-refractivity contribution in [3.05, 3.63) is 23.4 Å². The van der Waals surface area contributed by atoms with E-state index in [2.05, 4.69) is 10.5 Å². The molecule has 0 saturated heterocycles. The average Bonchev–Trinajstić information content (AvgIpc) is 2.28. The number of hydrazone groups is 1. The Morgan fingerprint density at radius 3 is 2.38 bits per heavy atom. The van der Waals surface area contributed by atoms with Gasteiger partial charge in [0.1, 0.15) is 0 Å². The molecule has 68 valence electrons. The van der Waals surface area contributed by atoms with E-state index in [0.29, 0.717) is 0 Å². The quantitative estimate of drug-likeness (QED) is 0.537. The van der Waals surface area contributed by atoms with Crippen LogP contribution in [-0.2, 0) is 9.59 Å². The van der Waals surface area contributed by atoms with Gasteiger partial charge in [0.15, 0.2) is 0 Å². The highest BCUT2D eigenvalue weighted by molar-refractivity contribution is 6.10. The van der Waals surface area contributed by atoms with Crippen LogP contribution >= 0.6 is 0 Å². The number of rotatable bonds is 2. The van der Waals surface area contributed by atoms with Crippen LogP contribution in [0.15, 0.2) is 28.5 Å². The van der Waals surface area contributed by atoms with Crippen molar-refractivity contribution in [2.75, 3.05) is 0 Å². The first kappa shape index (κ1) is 8.98. The lowest BCUT2D eigenvalue weighted by Crippen LogP contribution is -2.04. The maximum atomic E-state index is 10.5. The average molecular weight is 182 g/mol. The fourth-order valence-corrected chi connectivity index (χ4v) is 0.701. The fraction of sp³-hybridized carbons (Fsp3) is 0. The topological polar surface area (TPSA) is 99.0 Å². The molecule has 0 amide bonds. The number of aliphatic carboxylic acids is 2. The molecule has 1 heterocycles. The van der Waals surface area contributed by atoms with E-state index in [1.165, 1.54) is 0 Å². The molecular formula is C7H6N2O4. The number of nitrogens with zero attached hydrogens (tertiary/aromatic N) is 1. The summed E-state index contributed by atoms with van der Waals surface area (Å²) in [4.78, 5) is 20.9. The van der Waals surface area contributed by atoms with E-state index in [0.717, 1.165) is 18.5 Å². The van der Waals surface area contributed by atoms with Gasteiger partial charge in [-0.15, -0.1) is 0 Å². The Labute approximate surface area is 72.9 Å². The second-order valence-electron chi connectivity index (χ2n) is 2.20. The molecule has 3 N–H and O–H groups in total.